The first-order chi connectivity index (χ1) is 9.69. The van der Waals surface area contributed by atoms with Gasteiger partial charge in [0.1, 0.15) is 6.61 Å². The molecule has 0 aliphatic carbocycles. The predicted octanol–water partition coefficient (Wildman–Crippen LogP) is 4.08. The Bertz CT molecular complexity index is 558. The van der Waals surface area contributed by atoms with Gasteiger partial charge in [-0.25, -0.2) is 4.98 Å². The van der Waals surface area contributed by atoms with Crippen molar-refractivity contribution in [3.63, 3.8) is 0 Å². The topological polar surface area (TPSA) is 34.1 Å². The van der Waals surface area contributed by atoms with Gasteiger partial charge in [0.25, 0.3) is 0 Å². The molecule has 0 aliphatic rings. The van der Waals surface area contributed by atoms with Gasteiger partial charge in [-0.1, -0.05) is 42.3 Å². The van der Waals surface area contributed by atoms with Crippen LogP contribution in [0.25, 0.3) is 0 Å². The summed E-state index contributed by atoms with van der Waals surface area (Å²) in [5, 5.41) is 4.59. The van der Waals surface area contributed by atoms with Crippen molar-refractivity contribution in [2.75, 3.05) is 6.54 Å². The van der Waals surface area contributed by atoms with Crippen molar-refractivity contribution in [2.24, 2.45) is 0 Å². The number of hydrogen-bond acceptors (Lipinski definition) is 3. The van der Waals surface area contributed by atoms with Gasteiger partial charge in [0, 0.05) is 23.8 Å². The molecule has 3 nitrogen and oxygen atoms in total. The molecule has 2 aromatic rings. The molecule has 1 aromatic heterocycles. The molecule has 0 aliphatic heterocycles. The highest BCUT2D eigenvalue weighted by Crippen LogP contribution is 2.20. The maximum atomic E-state index is 6.09. The monoisotopic (exact) mass is 310 g/mol. The zero-order valence-corrected chi connectivity index (χ0v) is 12.7. The summed E-state index contributed by atoms with van der Waals surface area (Å²) >= 11 is 11.9. The minimum Gasteiger partial charge on any atom is -0.473 e. The Morgan fingerprint density at radius 3 is 2.65 bits per heavy atom. The lowest BCUT2D eigenvalue weighted by atomic mass is 10.2. The molecular formula is C15H16Cl2N2O. The van der Waals surface area contributed by atoms with E-state index < -0.39 is 0 Å². The summed E-state index contributed by atoms with van der Waals surface area (Å²) in [4.78, 5) is 4.17. The Morgan fingerprint density at radius 1 is 1.20 bits per heavy atom. The Balaban J connectivity index is 2.00. The highest BCUT2D eigenvalue weighted by Gasteiger charge is 2.04. The average molecular weight is 311 g/mol. The van der Waals surface area contributed by atoms with Crippen LogP contribution in [0.15, 0.2) is 36.5 Å². The van der Waals surface area contributed by atoms with Gasteiger partial charge in [-0.15, -0.1) is 0 Å². The van der Waals surface area contributed by atoms with Crippen LogP contribution in [0.3, 0.4) is 0 Å². The minimum absolute atomic E-state index is 0.451. The summed E-state index contributed by atoms with van der Waals surface area (Å²) in [5.74, 6) is 0.567. The van der Waals surface area contributed by atoms with Gasteiger partial charge in [0.15, 0.2) is 0 Å². The number of hydrogen-bond donors (Lipinski definition) is 1. The molecule has 5 heteroatoms. The normalized spacial score (nSPS) is 10.6. The van der Waals surface area contributed by atoms with Crippen LogP contribution in [0.5, 0.6) is 5.88 Å². The second-order valence-electron chi connectivity index (χ2n) is 4.31. The summed E-state index contributed by atoms with van der Waals surface area (Å²) < 4.78 is 5.67. The lowest BCUT2D eigenvalue weighted by Crippen LogP contribution is -2.12. The second-order valence-corrected chi connectivity index (χ2v) is 5.15. The van der Waals surface area contributed by atoms with Crippen LogP contribution in [0.1, 0.15) is 18.1 Å². The molecule has 0 spiro atoms. The van der Waals surface area contributed by atoms with Crippen molar-refractivity contribution in [3.8, 4) is 5.88 Å². The molecule has 0 fully saturated rings. The van der Waals surface area contributed by atoms with Gasteiger partial charge in [0.2, 0.25) is 5.88 Å². The lowest BCUT2D eigenvalue weighted by Gasteiger charge is -2.09. The maximum Gasteiger partial charge on any atom is 0.213 e. The van der Waals surface area contributed by atoms with E-state index >= 15 is 0 Å². The molecule has 0 amide bonds. The van der Waals surface area contributed by atoms with Crippen molar-refractivity contribution in [2.45, 2.75) is 20.1 Å². The average Bonchev–Trinajstić information content (AvgIpc) is 2.46. The molecule has 0 saturated carbocycles. The minimum atomic E-state index is 0.451. The van der Waals surface area contributed by atoms with Crippen LogP contribution >= 0.6 is 23.2 Å². The standard InChI is InChI=1S/C15H16Cl2N2O/c1-2-18-8-12-7-15(19-9-14(12)17)20-10-11-3-5-13(16)6-4-11/h3-7,9,18H,2,8,10H2,1H3. The second kappa shape index (κ2) is 7.48. The number of pyridine rings is 1. The SMILES string of the molecule is CCNCc1cc(OCc2ccc(Cl)cc2)ncc1Cl. The fraction of sp³-hybridized carbons (Fsp3) is 0.267. The van der Waals surface area contributed by atoms with Gasteiger partial charge < -0.3 is 10.1 Å². The molecule has 20 heavy (non-hydrogen) atoms. The van der Waals surface area contributed by atoms with E-state index in [-0.39, 0.29) is 0 Å². The fourth-order valence-electron chi connectivity index (χ4n) is 1.67. The van der Waals surface area contributed by atoms with Crippen molar-refractivity contribution in [1.29, 1.82) is 0 Å². The van der Waals surface area contributed by atoms with Crippen LogP contribution < -0.4 is 10.1 Å². The van der Waals surface area contributed by atoms with Crippen molar-refractivity contribution in [1.82, 2.24) is 10.3 Å². The van der Waals surface area contributed by atoms with E-state index in [1.54, 1.807) is 6.20 Å². The fourth-order valence-corrected chi connectivity index (χ4v) is 1.97. The van der Waals surface area contributed by atoms with E-state index in [1.807, 2.05) is 37.3 Å². The van der Waals surface area contributed by atoms with Gasteiger partial charge in [0.05, 0.1) is 5.02 Å². The number of aromatic nitrogens is 1. The third-order valence-corrected chi connectivity index (χ3v) is 3.37. The Hall–Kier alpha value is -1.29. The maximum absolute atomic E-state index is 6.09. The molecule has 2 rings (SSSR count). The van der Waals surface area contributed by atoms with Gasteiger partial charge >= 0.3 is 0 Å². The summed E-state index contributed by atoms with van der Waals surface area (Å²) in [6, 6.07) is 9.40. The third kappa shape index (κ3) is 4.37. The van der Waals surface area contributed by atoms with Gasteiger partial charge in [-0.3, -0.25) is 0 Å². The van der Waals surface area contributed by atoms with E-state index in [0.29, 0.717) is 29.1 Å². The summed E-state index contributed by atoms with van der Waals surface area (Å²) in [7, 11) is 0. The Kier molecular flexibility index (Phi) is 5.65. The number of ether oxygens (including phenoxy) is 1. The van der Waals surface area contributed by atoms with Crippen molar-refractivity contribution in [3.05, 3.63) is 57.7 Å². The van der Waals surface area contributed by atoms with E-state index in [2.05, 4.69) is 10.3 Å². The first-order valence-electron chi connectivity index (χ1n) is 6.41. The molecule has 0 saturated heterocycles. The molecule has 0 radical (unpaired) electrons. The van der Waals surface area contributed by atoms with E-state index in [1.165, 1.54) is 0 Å². The lowest BCUT2D eigenvalue weighted by molar-refractivity contribution is 0.293. The molecule has 1 N–H and O–H groups in total. The number of halogens is 2. The van der Waals surface area contributed by atoms with Gasteiger partial charge in [-0.2, -0.15) is 0 Å². The zero-order valence-electron chi connectivity index (χ0n) is 11.2. The van der Waals surface area contributed by atoms with Crippen LogP contribution in [0.4, 0.5) is 0 Å². The van der Waals surface area contributed by atoms with Crippen LogP contribution in [0.2, 0.25) is 10.0 Å². The van der Waals surface area contributed by atoms with E-state index in [0.717, 1.165) is 17.7 Å². The number of nitrogens with one attached hydrogen (secondary N) is 1. The number of rotatable bonds is 6. The highest BCUT2D eigenvalue weighted by molar-refractivity contribution is 6.31. The first-order valence-corrected chi connectivity index (χ1v) is 7.17. The predicted molar refractivity (Wildman–Crippen MR) is 82.4 cm³/mol. The van der Waals surface area contributed by atoms with E-state index in [4.69, 9.17) is 27.9 Å². The highest BCUT2D eigenvalue weighted by atomic mass is 35.5. The molecular weight excluding hydrogens is 295 g/mol. The summed E-state index contributed by atoms with van der Waals surface area (Å²) in [5.41, 5.74) is 2.02. The molecule has 1 aromatic carbocycles. The first kappa shape index (κ1) is 15.1. The molecule has 0 bridgehead atoms. The van der Waals surface area contributed by atoms with Crippen LogP contribution in [-0.4, -0.2) is 11.5 Å². The smallest absolute Gasteiger partial charge is 0.213 e. The number of nitrogens with zero attached hydrogens (tertiary/aromatic N) is 1. The van der Waals surface area contributed by atoms with E-state index in [9.17, 15) is 0 Å². The Labute approximate surface area is 128 Å². The number of benzene rings is 1. The molecule has 0 atom stereocenters. The zero-order chi connectivity index (χ0) is 14.4. The quantitative estimate of drug-likeness (QED) is 0.873. The largest absolute Gasteiger partial charge is 0.473 e. The van der Waals surface area contributed by atoms with Gasteiger partial charge in [-0.05, 0) is 29.8 Å². The van der Waals surface area contributed by atoms with Crippen LogP contribution in [-0.2, 0) is 13.2 Å². The van der Waals surface area contributed by atoms with Crippen molar-refractivity contribution < 1.29 is 4.74 Å². The molecule has 1 heterocycles. The summed E-state index contributed by atoms with van der Waals surface area (Å²) in [6.45, 7) is 4.09. The van der Waals surface area contributed by atoms with Crippen LogP contribution in [0, 0.1) is 0 Å². The Morgan fingerprint density at radius 2 is 1.95 bits per heavy atom. The molecule has 0 unspecified atom stereocenters. The van der Waals surface area contributed by atoms with Crippen molar-refractivity contribution >= 4 is 23.2 Å². The molecule has 106 valence electrons. The summed E-state index contributed by atoms with van der Waals surface area (Å²) in [6.07, 6.45) is 1.62. The third-order valence-electron chi connectivity index (χ3n) is 2.78.